The smallest absolute Gasteiger partial charge is 0.421 e. The van der Waals surface area contributed by atoms with Gasteiger partial charge in [0.05, 0.1) is 6.54 Å². The third-order valence-electron chi connectivity index (χ3n) is 4.33. The Bertz CT molecular complexity index is 809. The summed E-state index contributed by atoms with van der Waals surface area (Å²) >= 11 is 0. The quantitative estimate of drug-likeness (QED) is 0.457. The van der Waals surface area contributed by atoms with Crippen LogP contribution in [0.25, 0.3) is 0 Å². The Morgan fingerprint density at radius 1 is 1.10 bits per heavy atom. The van der Waals surface area contributed by atoms with Crippen LogP contribution in [0.5, 0.6) is 5.88 Å². The molecule has 1 aliphatic rings. The Labute approximate surface area is 166 Å². The maximum atomic E-state index is 13.0. The van der Waals surface area contributed by atoms with E-state index in [0.29, 0.717) is 18.5 Å². The van der Waals surface area contributed by atoms with Gasteiger partial charge in [0, 0.05) is 51.8 Å². The number of piperazine rings is 1. The van der Waals surface area contributed by atoms with E-state index in [1.807, 2.05) is 0 Å². The van der Waals surface area contributed by atoms with E-state index in [2.05, 4.69) is 35.1 Å². The van der Waals surface area contributed by atoms with Crippen LogP contribution < -0.4 is 15.0 Å². The Hall–Kier alpha value is -3.11. The lowest BCUT2D eigenvalue weighted by Crippen LogP contribution is -2.53. The first-order valence-corrected chi connectivity index (χ1v) is 9.11. The summed E-state index contributed by atoms with van der Waals surface area (Å²) in [6, 6.07) is 3.96. The fourth-order valence-electron chi connectivity index (χ4n) is 2.94. The van der Waals surface area contributed by atoms with Gasteiger partial charge >= 0.3 is 6.18 Å². The van der Waals surface area contributed by atoms with Crippen LogP contribution >= 0.6 is 0 Å². The highest BCUT2D eigenvalue weighted by Crippen LogP contribution is 2.34. The predicted molar refractivity (Wildman–Crippen MR) is 102 cm³/mol. The summed E-state index contributed by atoms with van der Waals surface area (Å²) in [6.07, 6.45) is 0.185. The summed E-state index contributed by atoms with van der Waals surface area (Å²) in [5.74, 6) is 0.937. The first-order valence-electron chi connectivity index (χ1n) is 9.11. The number of aliphatic imine (C=N–C) groups is 1. The number of nitrogens with one attached hydrogen (secondary N) is 1. The number of anilines is 1. The molecular weight excluding hydrogens is 387 g/mol. The van der Waals surface area contributed by atoms with Gasteiger partial charge in [-0.2, -0.15) is 13.2 Å². The lowest BCUT2D eigenvalue weighted by atomic mass is 10.2. The van der Waals surface area contributed by atoms with Crippen LogP contribution in [0.1, 0.15) is 5.56 Å². The second kappa shape index (κ2) is 9.39. The van der Waals surface area contributed by atoms with E-state index in [4.69, 9.17) is 4.74 Å². The average molecular weight is 409 g/mol. The molecule has 1 aliphatic heterocycles. The summed E-state index contributed by atoms with van der Waals surface area (Å²) in [6.45, 7) is 3.24. The number of nitrogens with zero attached hydrogens (tertiary/aromatic N) is 6. The molecule has 2 aromatic rings. The lowest BCUT2D eigenvalue weighted by molar-refractivity contribution is -0.139. The number of hydrogen-bond donors (Lipinski definition) is 1. The minimum atomic E-state index is -4.50. The van der Waals surface area contributed by atoms with Crippen LogP contribution in [0.3, 0.4) is 0 Å². The summed E-state index contributed by atoms with van der Waals surface area (Å²) in [5.41, 5.74) is -0.886. The van der Waals surface area contributed by atoms with E-state index in [-0.39, 0.29) is 6.61 Å². The third-order valence-corrected chi connectivity index (χ3v) is 4.33. The molecule has 156 valence electrons. The van der Waals surface area contributed by atoms with Crippen molar-refractivity contribution in [2.75, 3.05) is 51.3 Å². The largest absolute Gasteiger partial charge is 0.475 e. The zero-order chi connectivity index (χ0) is 20.7. The standard InChI is InChI=1S/C18H22F3N7O/c1-22-16(27-9-11-28(12-10-27)17-24-6-3-7-25-17)26-8-13-29-15-14(18(19,20)21)4-2-5-23-15/h2-7H,8-13H2,1H3,(H,22,26). The van der Waals surface area contributed by atoms with Crippen LogP contribution in [0.4, 0.5) is 19.1 Å². The Kier molecular flexibility index (Phi) is 6.68. The van der Waals surface area contributed by atoms with Crippen molar-refractivity contribution in [2.24, 2.45) is 4.99 Å². The molecule has 3 rings (SSSR count). The molecule has 0 aliphatic carbocycles. The number of aromatic nitrogens is 3. The topological polar surface area (TPSA) is 78.8 Å². The average Bonchev–Trinajstić information content (AvgIpc) is 2.74. The van der Waals surface area contributed by atoms with Crippen molar-refractivity contribution in [3.63, 3.8) is 0 Å². The third kappa shape index (κ3) is 5.46. The van der Waals surface area contributed by atoms with E-state index in [1.165, 1.54) is 12.3 Å². The van der Waals surface area contributed by atoms with E-state index >= 15 is 0 Å². The van der Waals surface area contributed by atoms with Crippen molar-refractivity contribution in [2.45, 2.75) is 6.18 Å². The predicted octanol–water partition coefficient (Wildman–Crippen LogP) is 1.67. The number of halogens is 3. The van der Waals surface area contributed by atoms with Gasteiger partial charge in [-0.25, -0.2) is 15.0 Å². The molecular formula is C18H22F3N7O. The number of alkyl halides is 3. The van der Waals surface area contributed by atoms with Crippen molar-refractivity contribution in [1.29, 1.82) is 0 Å². The van der Waals surface area contributed by atoms with Gasteiger partial charge in [-0.3, -0.25) is 4.99 Å². The molecule has 1 fully saturated rings. The van der Waals surface area contributed by atoms with E-state index in [1.54, 1.807) is 25.5 Å². The molecule has 3 heterocycles. The normalized spacial score (nSPS) is 15.4. The van der Waals surface area contributed by atoms with Gasteiger partial charge in [0.25, 0.3) is 0 Å². The highest BCUT2D eigenvalue weighted by Gasteiger charge is 2.35. The summed E-state index contributed by atoms with van der Waals surface area (Å²) < 4.78 is 44.1. The monoisotopic (exact) mass is 409 g/mol. The molecule has 1 saturated heterocycles. The maximum Gasteiger partial charge on any atom is 0.421 e. The van der Waals surface area contributed by atoms with Crippen LogP contribution in [-0.4, -0.2) is 72.2 Å². The van der Waals surface area contributed by atoms with Gasteiger partial charge in [-0.15, -0.1) is 0 Å². The Balaban J connectivity index is 1.46. The van der Waals surface area contributed by atoms with Crippen molar-refractivity contribution in [3.05, 3.63) is 42.4 Å². The number of pyridine rings is 1. The SMILES string of the molecule is CN=C(NCCOc1ncccc1C(F)(F)F)N1CCN(c2ncccn2)CC1. The number of ether oxygens (including phenoxy) is 1. The Morgan fingerprint density at radius 3 is 2.45 bits per heavy atom. The van der Waals surface area contributed by atoms with Gasteiger partial charge in [-0.05, 0) is 18.2 Å². The molecule has 0 saturated carbocycles. The van der Waals surface area contributed by atoms with Gasteiger partial charge in [0.2, 0.25) is 11.8 Å². The Morgan fingerprint density at radius 2 is 1.79 bits per heavy atom. The van der Waals surface area contributed by atoms with Gasteiger partial charge < -0.3 is 19.9 Å². The molecule has 1 N–H and O–H groups in total. The molecule has 29 heavy (non-hydrogen) atoms. The number of hydrogen-bond acceptors (Lipinski definition) is 6. The van der Waals surface area contributed by atoms with Crippen molar-refractivity contribution < 1.29 is 17.9 Å². The molecule has 0 unspecified atom stereocenters. The van der Waals surface area contributed by atoms with E-state index in [0.717, 1.165) is 32.2 Å². The van der Waals surface area contributed by atoms with Gasteiger partial charge in [-0.1, -0.05) is 0 Å². The maximum absolute atomic E-state index is 13.0. The van der Waals surface area contributed by atoms with Crippen LogP contribution in [0.15, 0.2) is 41.8 Å². The number of rotatable bonds is 5. The zero-order valence-electron chi connectivity index (χ0n) is 15.9. The van der Waals surface area contributed by atoms with Crippen molar-refractivity contribution >= 4 is 11.9 Å². The van der Waals surface area contributed by atoms with Crippen LogP contribution in [-0.2, 0) is 6.18 Å². The second-order valence-electron chi connectivity index (χ2n) is 6.20. The van der Waals surface area contributed by atoms with Crippen molar-refractivity contribution in [3.8, 4) is 5.88 Å². The second-order valence-corrected chi connectivity index (χ2v) is 6.20. The van der Waals surface area contributed by atoms with Gasteiger partial charge in [0.15, 0.2) is 5.96 Å². The highest BCUT2D eigenvalue weighted by atomic mass is 19.4. The fraction of sp³-hybridized carbons (Fsp3) is 0.444. The molecule has 0 aromatic carbocycles. The minimum Gasteiger partial charge on any atom is -0.475 e. The molecule has 2 aromatic heterocycles. The van der Waals surface area contributed by atoms with Crippen molar-refractivity contribution in [1.82, 2.24) is 25.2 Å². The molecule has 0 atom stereocenters. The van der Waals surface area contributed by atoms with E-state index in [9.17, 15) is 13.2 Å². The molecule has 0 amide bonds. The lowest BCUT2D eigenvalue weighted by Gasteiger charge is -2.36. The molecule has 0 spiro atoms. The van der Waals surface area contributed by atoms with E-state index < -0.39 is 17.6 Å². The first kappa shape index (κ1) is 20.6. The molecule has 11 heteroatoms. The zero-order valence-corrected chi connectivity index (χ0v) is 15.9. The first-order chi connectivity index (χ1) is 14.0. The fourth-order valence-corrected chi connectivity index (χ4v) is 2.94. The number of guanidine groups is 1. The van der Waals surface area contributed by atoms with Gasteiger partial charge in [0.1, 0.15) is 12.2 Å². The summed E-state index contributed by atoms with van der Waals surface area (Å²) in [4.78, 5) is 20.6. The molecule has 0 radical (unpaired) electrons. The minimum absolute atomic E-state index is 0.0247. The molecule has 8 nitrogen and oxygen atoms in total. The summed E-state index contributed by atoms with van der Waals surface area (Å²) in [7, 11) is 1.66. The summed E-state index contributed by atoms with van der Waals surface area (Å²) in [5, 5.41) is 3.11. The van der Waals surface area contributed by atoms with Crippen LogP contribution in [0, 0.1) is 0 Å². The van der Waals surface area contributed by atoms with Crippen LogP contribution in [0.2, 0.25) is 0 Å². The molecule has 0 bridgehead atoms. The highest BCUT2D eigenvalue weighted by molar-refractivity contribution is 5.80.